The van der Waals surface area contributed by atoms with Gasteiger partial charge in [-0.3, -0.25) is 4.79 Å². The minimum atomic E-state index is -3.84. The Morgan fingerprint density at radius 1 is 1.45 bits per heavy atom. The summed E-state index contributed by atoms with van der Waals surface area (Å²) >= 11 is 5.88. The maximum Gasteiger partial charge on any atom is 0.244 e. The average Bonchev–Trinajstić information content (AvgIpc) is 2.83. The third-order valence-electron chi connectivity index (χ3n) is 3.48. The van der Waals surface area contributed by atoms with Gasteiger partial charge >= 0.3 is 0 Å². The molecular weight excluding hydrogens is 302 g/mol. The predicted molar refractivity (Wildman–Crippen MR) is 76.7 cm³/mol. The van der Waals surface area contributed by atoms with Crippen molar-refractivity contribution >= 4 is 33.2 Å². The van der Waals surface area contributed by atoms with Crippen LogP contribution in [-0.4, -0.2) is 31.2 Å². The van der Waals surface area contributed by atoms with Crippen LogP contribution in [0.3, 0.4) is 0 Å². The van der Waals surface area contributed by atoms with Gasteiger partial charge in [-0.15, -0.1) is 0 Å². The molecule has 1 unspecified atom stereocenters. The number of carbonyl (C=O) groups is 1. The lowest BCUT2D eigenvalue weighted by atomic mass is 10.2. The normalized spacial score (nSPS) is 20.2. The maximum atomic E-state index is 12.7. The van der Waals surface area contributed by atoms with E-state index in [1.165, 1.54) is 12.1 Å². The van der Waals surface area contributed by atoms with E-state index < -0.39 is 22.0 Å². The number of nitrogen functional groups attached to an aromatic ring is 1. The molecule has 2 rings (SSSR count). The molecule has 1 fully saturated rings. The standard InChI is InChI=1S/C12H16ClN3O3S/c1-7-9(14)5-8(13)6-11(7)20(18,19)16-4-2-3-10(16)12(15)17/h5-6,10H,2-4,14H2,1H3,(H2,15,17). The first-order valence-electron chi connectivity index (χ1n) is 6.12. The van der Waals surface area contributed by atoms with Crippen molar-refractivity contribution in [1.82, 2.24) is 4.31 Å². The number of carbonyl (C=O) groups excluding carboxylic acids is 1. The number of sulfonamides is 1. The summed E-state index contributed by atoms with van der Waals surface area (Å²) in [5, 5.41) is 0.237. The van der Waals surface area contributed by atoms with Crippen molar-refractivity contribution in [3.05, 3.63) is 22.7 Å². The van der Waals surface area contributed by atoms with Gasteiger partial charge in [-0.05, 0) is 37.5 Å². The number of rotatable bonds is 3. The summed E-state index contributed by atoms with van der Waals surface area (Å²) < 4.78 is 26.5. The highest BCUT2D eigenvalue weighted by Gasteiger charge is 2.39. The van der Waals surface area contributed by atoms with Crippen LogP contribution in [0, 0.1) is 6.92 Å². The molecule has 1 atom stereocenters. The molecule has 0 spiro atoms. The quantitative estimate of drug-likeness (QED) is 0.806. The van der Waals surface area contributed by atoms with Gasteiger partial charge in [0.25, 0.3) is 0 Å². The molecule has 1 saturated heterocycles. The van der Waals surface area contributed by atoms with E-state index in [0.29, 0.717) is 24.1 Å². The van der Waals surface area contributed by atoms with Crippen LogP contribution in [0.25, 0.3) is 0 Å². The number of amides is 1. The predicted octanol–water partition coefficient (Wildman–Crippen LogP) is 0.869. The molecule has 110 valence electrons. The molecule has 4 N–H and O–H groups in total. The van der Waals surface area contributed by atoms with Crippen molar-refractivity contribution in [3.8, 4) is 0 Å². The van der Waals surface area contributed by atoms with E-state index in [1.807, 2.05) is 0 Å². The number of benzene rings is 1. The Balaban J connectivity index is 2.53. The first-order valence-corrected chi connectivity index (χ1v) is 7.93. The average molecular weight is 318 g/mol. The molecule has 6 nitrogen and oxygen atoms in total. The molecule has 0 radical (unpaired) electrons. The fourth-order valence-electron chi connectivity index (χ4n) is 2.38. The van der Waals surface area contributed by atoms with Gasteiger partial charge in [0.05, 0.1) is 4.90 Å². The number of halogens is 1. The highest BCUT2D eigenvalue weighted by molar-refractivity contribution is 7.89. The van der Waals surface area contributed by atoms with Crippen molar-refractivity contribution in [2.45, 2.75) is 30.7 Å². The molecule has 1 aliphatic heterocycles. The van der Waals surface area contributed by atoms with Gasteiger partial charge in [0.1, 0.15) is 6.04 Å². The number of hydrogen-bond donors (Lipinski definition) is 2. The molecule has 0 bridgehead atoms. The second kappa shape index (κ2) is 5.23. The van der Waals surface area contributed by atoms with Crippen molar-refractivity contribution in [2.75, 3.05) is 12.3 Å². The Kier molecular flexibility index (Phi) is 3.95. The second-order valence-corrected chi connectivity index (χ2v) is 7.09. The molecule has 20 heavy (non-hydrogen) atoms. The third kappa shape index (κ3) is 2.48. The summed E-state index contributed by atoms with van der Waals surface area (Å²) in [6.07, 6.45) is 1.03. The van der Waals surface area contributed by atoms with Crippen LogP contribution in [0.4, 0.5) is 5.69 Å². The Hall–Kier alpha value is -1.31. The zero-order valence-corrected chi connectivity index (χ0v) is 12.5. The lowest BCUT2D eigenvalue weighted by Gasteiger charge is -2.23. The minimum absolute atomic E-state index is 0.0238. The first-order chi connectivity index (χ1) is 9.25. The molecule has 0 saturated carbocycles. The van der Waals surface area contributed by atoms with Crippen LogP contribution < -0.4 is 11.5 Å². The summed E-state index contributed by atoms with van der Waals surface area (Å²) in [6, 6.07) is 2.03. The summed E-state index contributed by atoms with van der Waals surface area (Å²) in [6.45, 7) is 1.87. The first kappa shape index (κ1) is 15.1. The number of nitrogens with two attached hydrogens (primary N) is 2. The Labute approximate surface area is 122 Å². The summed E-state index contributed by atoms with van der Waals surface area (Å²) in [5.74, 6) is -0.640. The number of primary amides is 1. The van der Waals surface area contributed by atoms with Gasteiger partial charge in [0, 0.05) is 17.3 Å². The lowest BCUT2D eigenvalue weighted by molar-refractivity contribution is -0.121. The topological polar surface area (TPSA) is 106 Å². The van der Waals surface area contributed by atoms with Gasteiger partial charge in [0.2, 0.25) is 15.9 Å². The second-order valence-electron chi connectivity index (χ2n) is 4.79. The van der Waals surface area contributed by atoms with Crippen molar-refractivity contribution < 1.29 is 13.2 Å². The number of hydrogen-bond acceptors (Lipinski definition) is 4. The van der Waals surface area contributed by atoms with Crippen molar-refractivity contribution in [1.29, 1.82) is 0 Å². The molecule has 0 aliphatic carbocycles. The summed E-state index contributed by atoms with van der Waals surface area (Å²) in [4.78, 5) is 11.4. The SMILES string of the molecule is Cc1c(N)cc(Cl)cc1S(=O)(=O)N1CCCC1C(N)=O. The van der Waals surface area contributed by atoms with E-state index in [1.54, 1.807) is 6.92 Å². The number of nitrogens with zero attached hydrogens (tertiary/aromatic N) is 1. The molecule has 1 aromatic carbocycles. The Bertz CT molecular complexity index is 660. The molecule has 1 heterocycles. The van der Waals surface area contributed by atoms with E-state index in [4.69, 9.17) is 23.1 Å². The maximum absolute atomic E-state index is 12.7. The minimum Gasteiger partial charge on any atom is -0.398 e. The van der Waals surface area contributed by atoms with Crippen LogP contribution in [-0.2, 0) is 14.8 Å². The van der Waals surface area contributed by atoms with Gasteiger partial charge in [-0.25, -0.2) is 8.42 Å². The Morgan fingerprint density at radius 2 is 2.10 bits per heavy atom. The van der Waals surface area contributed by atoms with E-state index in [0.717, 1.165) is 4.31 Å². The molecule has 1 amide bonds. The molecule has 8 heteroatoms. The summed E-state index contributed by atoms with van der Waals surface area (Å²) in [7, 11) is -3.84. The molecular formula is C12H16ClN3O3S. The Morgan fingerprint density at radius 3 is 2.70 bits per heavy atom. The van der Waals surface area contributed by atoms with Crippen LogP contribution in [0.2, 0.25) is 5.02 Å². The third-order valence-corrected chi connectivity index (χ3v) is 5.74. The highest BCUT2D eigenvalue weighted by atomic mass is 35.5. The van der Waals surface area contributed by atoms with E-state index in [-0.39, 0.29) is 16.5 Å². The fraction of sp³-hybridized carbons (Fsp3) is 0.417. The largest absolute Gasteiger partial charge is 0.398 e. The molecule has 1 aliphatic rings. The zero-order chi connectivity index (χ0) is 15.1. The van der Waals surface area contributed by atoms with E-state index in [2.05, 4.69) is 0 Å². The van der Waals surface area contributed by atoms with Crippen LogP contribution in [0.5, 0.6) is 0 Å². The molecule has 0 aromatic heterocycles. The van der Waals surface area contributed by atoms with Gasteiger partial charge in [0.15, 0.2) is 0 Å². The van der Waals surface area contributed by atoms with Gasteiger partial charge in [-0.1, -0.05) is 11.6 Å². The fourth-order valence-corrected chi connectivity index (χ4v) is 4.62. The van der Waals surface area contributed by atoms with Crippen LogP contribution in [0.1, 0.15) is 18.4 Å². The molecule has 1 aromatic rings. The van der Waals surface area contributed by atoms with E-state index >= 15 is 0 Å². The number of anilines is 1. The van der Waals surface area contributed by atoms with Crippen LogP contribution in [0.15, 0.2) is 17.0 Å². The van der Waals surface area contributed by atoms with Crippen molar-refractivity contribution in [2.24, 2.45) is 5.73 Å². The monoisotopic (exact) mass is 317 g/mol. The highest BCUT2D eigenvalue weighted by Crippen LogP contribution is 2.31. The van der Waals surface area contributed by atoms with Crippen LogP contribution >= 0.6 is 11.6 Å². The van der Waals surface area contributed by atoms with Gasteiger partial charge < -0.3 is 11.5 Å². The van der Waals surface area contributed by atoms with Crippen molar-refractivity contribution in [3.63, 3.8) is 0 Å². The summed E-state index contributed by atoms with van der Waals surface area (Å²) in [5.41, 5.74) is 11.7. The van der Waals surface area contributed by atoms with E-state index in [9.17, 15) is 13.2 Å². The zero-order valence-electron chi connectivity index (χ0n) is 11.0. The smallest absolute Gasteiger partial charge is 0.244 e. The van der Waals surface area contributed by atoms with Gasteiger partial charge in [-0.2, -0.15) is 4.31 Å². The lowest BCUT2D eigenvalue weighted by Crippen LogP contribution is -2.43.